The zero-order valence-corrected chi connectivity index (χ0v) is 30.2. The molecule has 49 heavy (non-hydrogen) atoms. The van der Waals surface area contributed by atoms with E-state index in [1.807, 2.05) is 29.2 Å². The number of carbonyl (C=O) groups excluding carboxylic acids is 3. The summed E-state index contributed by atoms with van der Waals surface area (Å²) in [6.07, 6.45) is 3.25. The number of aromatic hydroxyl groups is 1. The number of para-hydroxylation sites is 1. The molecule has 2 aromatic carbocycles. The molecule has 4 amide bonds. The number of nitrogens with one attached hydrogen (secondary N) is 1. The smallest absolute Gasteiger partial charge is 0.410 e. The Morgan fingerprint density at radius 2 is 1.57 bits per heavy atom. The molecule has 1 atom stereocenters. The van der Waals surface area contributed by atoms with Crippen molar-refractivity contribution < 1.29 is 32.6 Å². The van der Waals surface area contributed by atoms with Crippen molar-refractivity contribution in [2.75, 3.05) is 70.5 Å². The highest BCUT2D eigenvalue weighted by Crippen LogP contribution is 2.28. The molecule has 4 aliphatic heterocycles. The number of halogens is 1. The van der Waals surface area contributed by atoms with Crippen LogP contribution in [0.15, 0.2) is 46.9 Å². The van der Waals surface area contributed by atoms with Crippen molar-refractivity contribution >= 4 is 49.7 Å². The van der Waals surface area contributed by atoms with E-state index in [0.717, 1.165) is 36.1 Å². The Morgan fingerprint density at radius 3 is 2.24 bits per heavy atom. The number of piperidine rings is 2. The number of carbonyl (C=O) groups is 3. The fraction of sp³-hybridized carbons (Fsp3) is 0.559. The van der Waals surface area contributed by atoms with Gasteiger partial charge in [-0.05, 0) is 77.4 Å². The Hall–Kier alpha value is -3.40. The van der Waals surface area contributed by atoms with Crippen molar-refractivity contribution in [2.24, 2.45) is 0 Å². The molecule has 4 heterocycles. The number of sulfonamides is 1. The van der Waals surface area contributed by atoms with Crippen LogP contribution in [0.5, 0.6) is 5.75 Å². The highest BCUT2D eigenvalue weighted by Gasteiger charge is 2.37. The number of phenols is 1. The minimum absolute atomic E-state index is 0.0132. The van der Waals surface area contributed by atoms with Gasteiger partial charge in [-0.25, -0.2) is 18.0 Å². The van der Waals surface area contributed by atoms with E-state index in [1.54, 1.807) is 28.0 Å². The van der Waals surface area contributed by atoms with E-state index in [2.05, 4.69) is 26.1 Å². The molecular weight excluding hydrogens is 716 g/mol. The van der Waals surface area contributed by atoms with Crippen LogP contribution in [0.1, 0.15) is 36.8 Å². The third-order valence-electron chi connectivity index (χ3n) is 10.3. The van der Waals surface area contributed by atoms with Crippen LogP contribution >= 0.6 is 15.9 Å². The second-order valence-corrected chi connectivity index (χ2v) is 16.2. The zero-order chi connectivity index (χ0) is 34.7. The first-order chi connectivity index (χ1) is 23.5. The number of hydrogen-bond donors (Lipinski definition) is 2. The summed E-state index contributed by atoms with van der Waals surface area (Å²) in [4.78, 5) is 48.1. The van der Waals surface area contributed by atoms with Gasteiger partial charge in [0, 0.05) is 83.1 Å². The van der Waals surface area contributed by atoms with Gasteiger partial charge in [0.2, 0.25) is 10.0 Å². The van der Waals surface area contributed by atoms with E-state index in [1.165, 1.54) is 10.6 Å². The number of amides is 4. The predicted molar refractivity (Wildman–Crippen MR) is 188 cm³/mol. The summed E-state index contributed by atoms with van der Waals surface area (Å²) in [6.45, 7) is 4.69. The molecule has 0 saturated carbocycles. The number of rotatable bonds is 7. The number of piperazine rings is 1. The molecule has 2 N–H and O–H groups in total. The van der Waals surface area contributed by atoms with E-state index < -0.39 is 22.2 Å². The number of hydrogen-bond acceptors (Lipinski definition) is 8. The third-order valence-corrected chi connectivity index (χ3v) is 12.2. The Balaban J connectivity index is 1.06. The van der Waals surface area contributed by atoms with Gasteiger partial charge in [0.25, 0.3) is 5.91 Å². The number of anilines is 1. The minimum Gasteiger partial charge on any atom is -0.507 e. The number of fused-ring (bicyclic) bond motifs is 1. The molecule has 1 unspecified atom stereocenters. The van der Waals surface area contributed by atoms with Crippen molar-refractivity contribution in [3.8, 4) is 5.75 Å². The Kier molecular flexibility index (Phi) is 11.0. The van der Waals surface area contributed by atoms with Gasteiger partial charge in [-0.2, -0.15) is 4.31 Å². The summed E-state index contributed by atoms with van der Waals surface area (Å²) in [5, 5.41) is 13.0. The normalized spacial score (nSPS) is 21.1. The van der Waals surface area contributed by atoms with E-state index >= 15 is 0 Å². The van der Waals surface area contributed by atoms with Gasteiger partial charge in [0.15, 0.2) is 6.10 Å². The quantitative estimate of drug-likeness (QED) is 0.438. The first-order valence-corrected chi connectivity index (χ1v) is 19.7. The molecular formula is C34H45BrN6O7S. The fourth-order valence-corrected chi connectivity index (χ4v) is 8.67. The lowest BCUT2D eigenvalue weighted by molar-refractivity contribution is -0.142. The van der Waals surface area contributed by atoms with Gasteiger partial charge in [-0.1, -0.05) is 24.3 Å². The summed E-state index contributed by atoms with van der Waals surface area (Å²) in [5.41, 5.74) is 2.68. The summed E-state index contributed by atoms with van der Waals surface area (Å²) >= 11 is 3.34. The molecule has 3 fully saturated rings. The molecule has 3 saturated heterocycles. The Labute approximate surface area is 296 Å². The van der Waals surface area contributed by atoms with Crippen LogP contribution in [0.3, 0.4) is 0 Å². The standard InChI is InChI=1S/C34H45BrN6O7S/c1-49(46,47)40-20-18-37(19-21-40)26-9-13-38(14-10-26)32(43)31(23-24-6-7-30(42)28(35)22-24)48-34(45)39-15-11-27(12-16-39)41-17-8-25-4-2-3-5-29(25)36-33(41)44/h2-7,22,26-27,31,42H,8-21,23H2,1H3,(H,36,44). The molecule has 0 aliphatic carbocycles. The van der Waals surface area contributed by atoms with E-state index in [0.29, 0.717) is 76.2 Å². The lowest BCUT2D eigenvalue weighted by Gasteiger charge is -2.42. The topological polar surface area (TPSA) is 143 Å². The number of nitrogens with zero attached hydrogens (tertiary/aromatic N) is 5. The minimum atomic E-state index is -3.21. The lowest BCUT2D eigenvalue weighted by Crippen LogP contribution is -2.55. The summed E-state index contributed by atoms with van der Waals surface area (Å²) in [6, 6.07) is 12.9. The van der Waals surface area contributed by atoms with Crippen LogP contribution in [0.4, 0.5) is 15.3 Å². The van der Waals surface area contributed by atoms with E-state index in [9.17, 15) is 27.9 Å². The highest BCUT2D eigenvalue weighted by atomic mass is 79.9. The van der Waals surface area contributed by atoms with Crippen LogP contribution in [-0.2, 0) is 32.4 Å². The molecule has 13 nitrogen and oxygen atoms in total. The van der Waals surface area contributed by atoms with Gasteiger partial charge in [-0.3, -0.25) is 9.69 Å². The van der Waals surface area contributed by atoms with Crippen molar-refractivity contribution in [2.45, 2.75) is 56.7 Å². The van der Waals surface area contributed by atoms with Crippen LogP contribution in [0, 0.1) is 0 Å². The van der Waals surface area contributed by atoms with Gasteiger partial charge < -0.3 is 29.9 Å². The molecule has 266 valence electrons. The summed E-state index contributed by atoms with van der Waals surface area (Å²) in [7, 11) is -3.21. The maximum atomic E-state index is 14.0. The average Bonchev–Trinajstić information content (AvgIpc) is 3.27. The van der Waals surface area contributed by atoms with Gasteiger partial charge in [-0.15, -0.1) is 0 Å². The molecule has 2 aromatic rings. The zero-order valence-electron chi connectivity index (χ0n) is 27.8. The second-order valence-electron chi connectivity index (χ2n) is 13.4. The number of phenolic OH excluding ortho intramolecular Hbond substituents is 1. The Bertz CT molecular complexity index is 1640. The Morgan fingerprint density at radius 1 is 0.918 bits per heavy atom. The maximum Gasteiger partial charge on any atom is 0.410 e. The SMILES string of the molecule is CS(=O)(=O)N1CCN(C2CCN(C(=O)C(Cc3ccc(O)c(Br)c3)OC(=O)N3CCC(N4CCc5ccccc5NC4=O)CC3)CC2)CC1. The summed E-state index contributed by atoms with van der Waals surface area (Å²) in [5.74, 6) is -0.179. The second kappa shape index (κ2) is 15.2. The molecule has 4 aliphatic rings. The molecule has 0 aromatic heterocycles. The number of urea groups is 1. The van der Waals surface area contributed by atoms with E-state index in [4.69, 9.17) is 4.74 Å². The predicted octanol–water partition coefficient (Wildman–Crippen LogP) is 3.33. The largest absolute Gasteiger partial charge is 0.507 e. The van der Waals surface area contributed by atoms with Gasteiger partial charge >= 0.3 is 12.1 Å². The number of likely N-dealkylation sites (tertiary alicyclic amines) is 2. The van der Waals surface area contributed by atoms with Crippen molar-refractivity contribution in [3.05, 3.63) is 58.1 Å². The highest BCUT2D eigenvalue weighted by molar-refractivity contribution is 9.10. The number of ether oxygens (including phenoxy) is 1. The third kappa shape index (κ3) is 8.50. The molecule has 0 spiro atoms. The average molecular weight is 762 g/mol. The molecule has 0 radical (unpaired) electrons. The van der Waals surface area contributed by atoms with Gasteiger partial charge in [0.05, 0.1) is 10.7 Å². The first-order valence-electron chi connectivity index (χ1n) is 17.0. The van der Waals surface area contributed by atoms with Crippen LogP contribution in [0.2, 0.25) is 0 Å². The first kappa shape index (κ1) is 35.4. The van der Waals surface area contributed by atoms with Crippen LogP contribution in [-0.4, -0.2) is 139 Å². The lowest BCUT2D eigenvalue weighted by atomic mass is 10.0. The van der Waals surface area contributed by atoms with Crippen LogP contribution < -0.4 is 5.32 Å². The molecule has 0 bridgehead atoms. The number of benzene rings is 2. The molecule has 15 heteroatoms. The van der Waals surface area contributed by atoms with Gasteiger partial charge in [0.1, 0.15) is 5.75 Å². The van der Waals surface area contributed by atoms with Crippen LogP contribution in [0.25, 0.3) is 0 Å². The van der Waals surface area contributed by atoms with E-state index in [-0.39, 0.29) is 36.2 Å². The van der Waals surface area contributed by atoms with Crippen molar-refractivity contribution in [3.63, 3.8) is 0 Å². The fourth-order valence-electron chi connectivity index (χ4n) is 7.42. The molecule has 6 rings (SSSR count). The van der Waals surface area contributed by atoms with Crippen molar-refractivity contribution in [1.82, 2.24) is 23.9 Å². The maximum absolute atomic E-state index is 14.0. The summed E-state index contributed by atoms with van der Waals surface area (Å²) < 4.78 is 31.8. The van der Waals surface area contributed by atoms with Crippen molar-refractivity contribution in [1.29, 1.82) is 0 Å². The monoisotopic (exact) mass is 760 g/mol.